The van der Waals surface area contributed by atoms with E-state index in [9.17, 15) is 9.59 Å². The predicted octanol–water partition coefficient (Wildman–Crippen LogP) is 1.68. The van der Waals surface area contributed by atoms with Gasteiger partial charge in [0.15, 0.2) is 0 Å². The van der Waals surface area contributed by atoms with Gasteiger partial charge in [0.05, 0.1) is 0 Å². The van der Waals surface area contributed by atoms with Crippen molar-refractivity contribution in [3.8, 4) is 0 Å². The number of aliphatic carboxylic acids is 1. The van der Waals surface area contributed by atoms with E-state index in [4.69, 9.17) is 5.11 Å². The van der Waals surface area contributed by atoms with Crippen molar-refractivity contribution in [1.29, 1.82) is 0 Å². The SMILES string of the molecule is CCCN(C)C(=O)NC(C)(CCC)C(=O)O. The molecule has 94 valence electrons. The standard InChI is InChI=1S/C11H22N2O3/c1-5-7-11(3,9(14)15)12-10(16)13(4)8-6-2/h5-8H2,1-4H3,(H,12,16)(H,14,15). The monoisotopic (exact) mass is 230 g/mol. The molecule has 0 spiro atoms. The Kier molecular flexibility index (Phi) is 5.85. The van der Waals surface area contributed by atoms with E-state index in [2.05, 4.69) is 5.32 Å². The fourth-order valence-corrected chi connectivity index (χ4v) is 1.49. The molecule has 0 aliphatic carbocycles. The maximum Gasteiger partial charge on any atom is 0.329 e. The van der Waals surface area contributed by atoms with Crippen molar-refractivity contribution >= 4 is 12.0 Å². The van der Waals surface area contributed by atoms with Crippen LogP contribution in [0, 0.1) is 0 Å². The molecule has 1 unspecified atom stereocenters. The van der Waals surface area contributed by atoms with Crippen molar-refractivity contribution in [2.75, 3.05) is 13.6 Å². The summed E-state index contributed by atoms with van der Waals surface area (Å²) in [6.07, 6.45) is 1.98. The van der Waals surface area contributed by atoms with Crippen LogP contribution in [0.5, 0.6) is 0 Å². The van der Waals surface area contributed by atoms with E-state index in [-0.39, 0.29) is 6.03 Å². The Morgan fingerprint density at radius 2 is 1.88 bits per heavy atom. The zero-order chi connectivity index (χ0) is 12.8. The van der Waals surface area contributed by atoms with E-state index in [0.29, 0.717) is 19.4 Å². The van der Waals surface area contributed by atoms with Crippen LogP contribution in [0.1, 0.15) is 40.0 Å². The second-order valence-electron chi connectivity index (χ2n) is 4.24. The molecular weight excluding hydrogens is 208 g/mol. The minimum atomic E-state index is -1.17. The number of hydrogen-bond donors (Lipinski definition) is 2. The third-order valence-corrected chi connectivity index (χ3v) is 2.51. The van der Waals surface area contributed by atoms with Gasteiger partial charge in [0.25, 0.3) is 0 Å². The molecule has 0 aromatic heterocycles. The lowest BCUT2D eigenvalue weighted by Gasteiger charge is -2.28. The normalized spacial score (nSPS) is 14.0. The van der Waals surface area contributed by atoms with E-state index in [1.165, 1.54) is 11.8 Å². The third kappa shape index (κ3) is 4.08. The molecule has 0 bridgehead atoms. The topological polar surface area (TPSA) is 69.6 Å². The fraction of sp³-hybridized carbons (Fsp3) is 0.818. The number of amides is 2. The lowest BCUT2D eigenvalue weighted by atomic mass is 9.96. The summed E-state index contributed by atoms with van der Waals surface area (Å²) in [7, 11) is 1.66. The smallest absolute Gasteiger partial charge is 0.329 e. The summed E-state index contributed by atoms with van der Waals surface area (Å²) in [5.41, 5.74) is -1.17. The van der Waals surface area contributed by atoms with E-state index in [1.54, 1.807) is 7.05 Å². The third-order valence-electron chi connectivity index (χ3n) is 2.51. The van der Waals surface area contributed by atoms with Gasteiger partial charge in [-0.25, -0.2) is 9.59 Å². The first-order valence-electron chi connectivity index (χ1n) is 5.64. The molecule has 0 aromatic rings. The zero-order valence-electron chi connectivity index (χ0n) is 10.5. The maximum atomic E-state index is 11.7. The number of urea groups is 1. The highest BCUT2D eigenvalue weighted by Crippen LogP contribution is 2.13. The first-order valence-corrected chi connectivity index (χ1v) is 5.64. The molecule has 0 heterocycles. The van der Waals surface area contributed by atoms with Crippen LogP contribution in [0.4, 0.5) is 4.79 Å². The molecule has 0 saturated carbocycles. The summed E-state index contributed by atoms with van der Waals surface area (Å²) < 4.78 is 0. The van der Waals surface area contributed by atoms with Crippen LogP contribution in [0.15, 0.2) is 0 Å². The summed E-state index contributed by atoms with van der Waals surface area (Å²) >= 11 is 0. The molecule has 5 heteroatoms. The van der Waals surface area contributed by atoms with Gasteiger partial charge in [0.1, 0.15) is 5.54 Å². The van der Waals surface area contributed by atoms with E-state index < -0.39 is 11.5 Å². The fourth-order valence-electron chi connectivity index (χ4n) is 1.49. The Balaban J connectivity index is 4.52. The average molecular weight is 230 g/mol. The van der Waals surface area contributed by atoms with Crippen LogP contribution in [0.25, 0.3) is 0 Å². The van der Waals surface area contributed by atoms with Gasteiger partial charge >= 0.3 is 12.0 Å². The lowest BCUT2D eigenvalue weighted by molar-refractivity contribution is -0.144. The molecule has 0 rings (SSSR count). The van der Waals surface area contributed by atoms with Gasteiger partial charge in [-0.2, -0.15) is 0 Å². The van der Waals surface area contributed by atoms with Crippen LogP contribution < -0.4 is 5.32 Å². The van der Waals surface area contributed by atoms with Gasteiger partial charge in [-0.05, 0) is 19.8 Å². The van der Waals surface area contributed by atoms with Crippen LogP contribution in [-0.2, 0) is 4.79 Å². The van der Waals surface area contributed by atoms with Gasteiger partial charge in [-0.3, -0.25) is 0 Å². The molecule has 1 atom stereocenters. The van der Waals surface area contributed by atoms with Crippen molar-refractivity contribution in [2.45, 2.75) is 45.6 Å². The van der Waals surface area contributed by atoms with Crippen molar-refractivity contribution in [3.05, 3.63) is 0 Å². The highest BCUT2D eigenvalue weighted by molar-refractivity contribution is 5.85. The number of nitrogens with zero attached hydrogens (tertiary/aromatic N) is 1. The quantitative estimate of drug-likeness (QED) is 0.729. The highest BCUT2D eigenvalue weighted by atomic mass is 16.4. The number of nitrogens with one attached hydrogen (secondary N) is 1. The molecule has 0 radical (unpaired) electrons. The Labute approximate surface area is 96.8 Å². The average Bonchev–Trinajstić information content (AvgIpc) is 2.18. The van der Waals surface area contributed by atoms with Gasteiger partial charge in [0.2, 0.25) is 0 Å². The second-order valence-corrected chi connectivity index (χ2v) is 4.24. The van der Waals surface area contributed by atoms with Gasteiger partial charge < -0.3 is 15.3 Å². The number of rotatable bonds is 6. The number of carboxylic acids is 1. The van der Waals surface area contributed by atoms with E-state index in [0.717, 1.165) is 6.42 Å². The molecule has 0 fully saturated rings. The van der Waals surface area contributed by atoms with Gasteiger partial charge in [0, 0.05) is 13.6 Å². The molecule has 16 heavy (non-hydrogen) atoms. The van der Waals surface area contributed by atoms with Crippen LogP contribution >= 0.6 is 0 Å². The summed E-state index contributed by atoms with van der Waals surface area (Å²) in [6, 6.07) is -0.333. The van der Waals surface area contributed by atoms with Crippen molar-refractivity contribution in [1.82, 2.24) is 10.2 Å². The first kappa shape index (κ1) is 14.7. The lowest BCUT2D eigenvalue weighted by Crippen LogP contribution is -2.55. The number of carbonyl (C=O) groups excluding carboxylic acids is 1. The molecule has 2 amide bonds. The molecule has 0 aromatic carbocycles. The summed E-state index contributed by atoms with van der Waals surface area (Å²) in [6.45, 7) is 6.01. The van der Waals surface area contributed by atoms with Crippen LogP contribution in [0.3, 0.4) is 0 Å². The summed E-state index contributed by atoms with van der Waals surface area (Å²) in [4.78, 5) is 24.3. The minimum Gasteiger partial charge on any atom is -0.480 e. The van der Waals surface area contributed by atoms with Gasteiger partial charge in [-0.15, -0.1) is 0 Å². The van der Waals surface area contributed by atoms with Gasteiger partial charge in [-0.1, -0.05) is 20.3 Å². The largest absolute Gasteiger partial charge is 0.480 e. The van der Waals surface area contributed by atoms with E-state index in [1.807, 2.05) is 13.8 Å². The molecule has 0 aliphatic rings. The molecule has 2 N–H and O–H groups in total. The molecule has 5 nitrogen and oxygen atoms in total. The second kappa shape index (κ2) is 6.35. The van der Waals surface area contributed by atoms with Crippen LogP contribution in [0.2, 0.25) is 0 Å². The Bertz CT molecular complexity index is 256. The van der Waals surface area contributed by atoms with Crippen molar-refractivity contribution in [3.63, 3.8) is 0 Å². The van der Waals surface area contributed by atoms with Crippen LogP contribution in [-0.4, -0.2) is 41.1 Å². The number of hydrogen-bond acceptors (Lipinski definition) is 2. The van der Waals surface area contributed by atoms with E-state index >= 15 is 0 Å². The minimum absolute atomic E-state index is 0.333. The molecule has 0 saturated heterocycles. The first-order chi connectivity index (χ1) is 7.37. The predicted molar refractivity (Wildman–Crippen MR) is 62.4 cm³/mol. The zero-order valence-corrected chi connectivity index (χ0v) is 10.5. The molecule has 0 aliphatic heterocycles. The number of carbonyl (C=O) groups is 2. The maximum absolute atomic E-state index is 11.7. The Morgan fingerprint density at radius 3 is 2.25 bits per heavy atom. The number of carboxylic acid groups (broad SMARTS) is 1. The summed E-state index contributed by atoms with van der Waals surface area (Å²) in [5.74, 6) is -0.993. The summed E-state index contributed by atoms with van der Waals surface area (Å²) in [5, 5.41) is 11.7. The highest BCUT2D eigenvalue weighted by Gasteiger charge is 2.34. The Hall–Kier alpha value is -1.26. The molecular formula is C11H22N2O3. The Morgan fingerprint density at radius 1 is 1.31 bits per heavy atom. The van der Waals surface area contributed by atoms with Crippen molar-refractivity contribution in [2.24, 2.45) is 0 Å². The van der Waals surface area contributed by atoms with Crippen molar-refractivity contribution < 1.29 is 14.7 Å².